The van der Waals surface area contributed by atoms with Gasteiger partial charge in [0.05, 0.1) is 12.2 Å². The zero-order valence-electron chi connectivity index (χ0n) is 23.9. The number of ether oxygens (including phenoxy) is 2. The third kappa shape index (κ3) is 5.96. The van der Waals surface area contributed by atoms with Crippen molar-refractivity contribution in [1.29, 1.82) is 0 Å². The lowest BCUT2D eigenvalue weighted by molar-refractivity contribution is -0.189. The van der Waals surface area contributed by atoms with Crippen LogP contribution in [-0.2, 0) is 17.8 Å². The summed E-state index contributed by atoms with van der Waals surface area (Å²) >= 11 is 0. The minimum Gasteiger partial charge on any atom is -0.459 e. The highest BCUT2D eigenvalue weighted by Crippen LogP contribution is 2.38. The van der Waals surface area contributed by atoms with Crippen molar-refractivity contribution in [2.45, 2.75) is 57.1 Å². The molecule has 12 heteroatoms. The summed E-state index contributed by atoms with van der Waals surface area (Å²) in [4.78, 5) is 27.9. The van der Waals surface area contributed by atoms with Crippen molar-refractivity contribution in [2.75, 3.05) is 50.1 Å². The van der Waals surface area contributed by atoms with Gasteiger partial charge in [0, 0.05) is 61.0 Å². The van der Waals surface area contributed by atoms with Crippen LogP contribution in [0.3, 0.4) is 0 Å². The number of esters is 1. The Morgan fingerprint density at radius 1 is 1.12 bits per heavy atom. The fraction of sp³-hybridized carbons (Fsp3) is 0.500. The third-order valence-electron chi connectivity index (χ3n) is 8.06. The number of anilines is 2. The smallest absolute Gasteiger partial charge is 0.459 e. The number of fused-ring (bicyclic) bond motifs is 4. The van der Waals surface area contributed by atoms with Crippen LogP contribution in [0.5, 0.6) is 11.8 Å². The predicted molar refractivity (Wildman–Crippen MR) is 153 cm³/mol. The summed E-state index contributed by atoms with van der Waals surface area (Å²) in [6, 6.07) is 11.5. The number of nitrogens with one attached hydrogen (secondary N) is 1. The van der Waals surface area contributed by atoms with Crippen LogP contribution >= 0.6 is 0 Å². The molecule has 224 valence electrons. The number of alkyl halides is 3. The molecular formula is C30H35F3N6O3. The van der Waals surface area contributed by atoms with E-state index < -0.39 is 12.1 Å². The molecule has 0 radical (unpaired) electrons. The van der Waals surface area contributed by atoms with Crippen molar-refractivity contribution >= 4 is 28.2 Å². The average molecular weight is 585 g/mol. The first kappa shape index (κ1) is 28.5. The number of halogens is 3. The van der Waals surface area contributed by atoms with Crippen LogP contribution in [-0.4, -0.2) is 85.5 Å². The van der Waals surface area contributed by atoms with E-state index in [9.17, 15) is 18.0 Å². The Morgan fingerprint density at radius 3 is 2.57 bits per heavy atom. The topological polar surface area (TPSA) is 83.1 Å². The predicted octanol–water partition coefficient (Wildman–Crippen LogP) is 3.93. The Balaban J connectivity index is 1.36. The van der Waals surface area contributed by atoms with Crippen LogP contribution in [0.15, 0.2) is 36.4 Å². The second kappa shape index (κ2) is 11.2. The second-order valence-electron chi connectivity index (χ2n) is 11.7. The fourth-order valence-electron chi connectivity index (χ4n) is 6.36. The molecule has 2 fully saturated rings. The number of hydrogen-bond donors (Lipinski definition) is 1. The lowest BCUT2D eigenvalue weighted by atomic mass is 10.0. The minimum atomic E-state index is -5.09. The van der Waals surface area contributed by atoms with E-state index in [0.717, 1.165) is 48.4 Å². The van der Waals surface area contributed by atoms with E-state index in [1.165, 1.54) is 12.1 Å². The summed E-state index contributed by atoms with van der Waals surface area (Å²) in [7, 11) is 3.97. The van der Waals surface area contributed by atoms with E-state index in [2.05, 4.69) is 15.1 Å². The normalized spacial score (nSPS) is 21.0. The zero-order valence-corrected chi connectivity index (χ0v) is 23.9. The molecule has 4 heterocycles. The molecule has 3 unspecified atom stereocenters. The maximum absolute atomic E-state index is 13.0. The van der Waals surface area contributed by atoms with Gasteiger partial charge in [-0.15, -0.1) is 0 Å². The number of nitrogens with zero attached hydrogens (tertiary/aromatic N) is 5. The molecule has 2 saturated heterocycles. The van der Waals surface area contributed by atoms with Gasteiger partial charge in [0.2, 0.25) is 0 Å². The summed E-state index contributed by atoms with van der Waals surface area (Å²) in [6.45, 7) is 5.43. The summed E-state index contributed by atoms with van der Waals surface area (Å²) in [5.41, 5.74) is 2.57. The highest BCUT2D eigenvalue weighted by Gasteiger charge is 2.41. The summed E-state index contributed by atoms with van der Waals surface area (Å²) < 4.78 is 49.9. The number of hydrogen-bond acceptors (Lipinski definition) is 9. The van der Waals surface area contributed by atoms with E-state index in [-0.39, 0.29) is 11.9 Å². The Labute approximate surface area is 242 Å². The molecule has 3 aliphatic heterocycles. The number of likely N-dealkylation sites (N-methyl/N-ethyl adjacent to an activating group) is 1. The maximum Gasteiger partial charge on any atom is 0.491 e. The molecule has 0 saturated carbocycles. The maximum atomic E-state index is 13.0. The van der Waals surface area contributed by atoms with Crippen LogP contribution in [0.1, 0.15) is 31.0 Å². The monoisotopic (exact) mass is 584 g/mol. The van der Waals surface area contributed by atoms with Crippen molar-refractivity contribution < 1.29 is 27.4 Å². The molecule has 1 aromatic heterocycles. The molecule has 3 atom stereocenters. The molecular weight excluding hydrogens is 549 g/mol. The van der Waals surface area contributed by atoms with Crippen LogP contribution in [0.2, 0.25) is 0 Å². The number of rotatable bonds is 7. The van der Waals surface area contributed by atoms with Crippen molar-refractivity contribution in [1.82, 2.24) is 20.2 Å². The summed E-state index contributed by atoms with van der Waals surface area (Å²) in [5, 5.41) is 5.19. The molecule has 2 aromatic carbocycles. The quantitative estimate of drug-likeness (QED) is 0.328. The van der Waals surface area contributed by atoms with E-state index in [1.807, 2.05) is 38.1 Å². The first-order valence-electron chi connectivity index (χ1n) is 14.3. The van der Waals surface area contributed by atoms with Gasteiger partial charge < -0.3 is 29.5 Å². The SMILES string of the molecule is CC(CN(C)C)Oc1nc2c(c(N3CC4CCC(C3)N4)n1)CCN(c1cc(OC(=O)C(F)(F)F)cc3ccccc13)C2. The fourth-order valence-corrected chi connectivity index (χ4v) is 6.36. The van der Waals surface area contributed by atoms with Gasteiger partial charge in [-0.3, -0.25) is 0 Å². The molecule has 3 aromatic rings. The minimum absolute atomic E-state index is 0.131. The van der Waals surface area contributed by atoms with Crippen molar-refractivity contribution in [3.8, 4) is 11.8 Å². The molecule has 0 aliphatic carbocycles. The number of carbonyl (C=O) groups excluding carboxylic acids is 1. The Bertz CT molecular complexity index is 1470. The van der Waals surface area contributed by atoms with Gasteiger partial charge in [-0.2, -0.15) is 23.1 Å². The summed E-state index contributed by atoms with van der Waals surface area (Å²) in [5.74, 6) is -1.50. The number of benzene rings is 2. The average Bonchev–Trinajstić information content (AvgIpc) is 3.27. The Kier molecular flexibility index (Phi) is 7.61. The molecule has 1 N–H and O–H groups in total. The van der Waals surface area contributed by atoms with Crippen molar-refractivity contribution in [2.24, 2.45) is 0 Å². The van der Waals surface area contributed by atoms with E-state index in [0.29, 0.717) is 55.2 Å². The first-order chi connectivity index (χ1) is 20.0. The molecule has 0 amide bonds. The lowest BCUT2D eigenvalue weighted by Gasteiger charge is -2.37. The lowest BCUT2D eigenvalue weighted by Crippen LogP contribution is -2.52. The van der Waals surface area contributed by atoms with Crippen LogP contribution in [0.4, 0.5) is 24.7 Å². The number of carbonyl (C=O) groups is 1. The van der Waals surface area contributed by atoms with Gasteiger partial charge in [-0.25, -0.2) is 4.79 Å². The van der Waals surface area contributed by atoms with Gasteiger partial charge in [-0.05, 0) is 51.7 Å². The largest absolute Gasteiger partial charge is 0.491 e. The molecule has 6 rings (SSSR count). The molecule has 9 nitrogen and oxygen atoms in total. The standard InChI is InChI=1S/C30H35F3N6O3/c1-18(14-37(2)3)41-29-35-25-17-38(11-10-24(25)27(36-29)39-15-20-8-9-21(16-39)34-20)26-13-22(42-28(40)30(31,32)33)12-19-6-4-5-7-23(19)26/h4-7,12-13,18,20-21,34H,8-11,14-17H2,1-3H3. The van der Waals surface area contributed by atoms with Gasteiger partial charge >= 0.3 is 18.2 Å². The van der Waals surface area contributed by atoms with Crippen LogP contribution in [0.25, 0.3) is 10.8 Å². The number of aromatic nitrogens is 2. The molecule has 0 spiro atoms. The van der Waals surface area contributed by atoms with Gasteiger partial charge in [-0.1, -0.05) is 24.3 Å². The van der Waals surface area contributed by atoms with Gasteiger partial charge in [0.1, 0.15) is 17.7 Å². The van der Waals surface area contributed by atoms with Crippen molar-refractivity contribution in [3.05, 3.63) is 47.7 Å². The van der Waals surface area contributed by atoms with Crippen LogP contribution < -0.4 is 24.6 Å². The molecule has 2 bridgehead atoms. The highest BCUT2D eigenvalue weighted by molar-refractivity contribution is 5.96. The summed E-state index contributed by atoms with van der Waals surface area (Å²) in [6.07, 6.45) is -2.28. The molecule has 3 aliphatic rings. The highest BCUT2D eigenvalue weighted by atomic mass is 19.4. The first-order valence-corrected chi connectivity index (χ1v) is 14.3. The molecule has 42 heavy (non-hydrogen) atoms. The Hall–Kier alpha value is -3.64. The zero-order chi connectivity index (χ0) is 29.6. The number of piperazine rings is 1. The Morgan fingerprint density at radius 2 is 1.86 bits per heavy atom. The van der Waals surface area contributed by atoms with E-state index >= 15 is 0 Å². The van der Waals surface area contributed by atoms with E-state index in [4.69, 9.17) is 19.4 Å². The van der Waals surface area contributed by atoms with Crippen molar-refractivity contribution in [3.63, 3.8) is 0 Å². The van der Waals surface area contributed by atoms with Crippen LogP contribution in [0, 0.1) is 0 Å². The third-order valence-corrected chi connectivity index (χ3v) is 8.06. The second-order valence-corrected chi connectivity index (χ2v) is 11.7. The van der Waals surface area contributed by atoms with Gasteiger partial charge in [0.25, 0.3) is 0 Å². The van der Waals surface area contributed by atoms with Gasteiger partial charge in [0.15, 0.2) is 0 Å². The van der Waals surface area contributed by atoms with E-state index in [1.54, 1.807) is 12.1 Å².